The molecule has 0 saturated heterocycles. The molecule has 0 aliphatic heterocycles. The molecule has 0 bridgehead atoms. The summed E-state index contributed by atoms with van der Waals surface area (Å²) in [5, 5.41) is 4.03. The normalized spacial score (nSPS) is 11.1. The van der Waals surface area contributed by atoms with Crippen LogP contribution in [0, 0.1) is 0 Å². The number of rotatable bonds is 2. The van der Waals surface area contributed by atoms with Crippen molar-refractivity contribution in [3.8, 4) is 11.3 Å². The monoisotopic (exact) mass is 249 g/mol. The molecule has 0 fully saturated rings. The minimum absolute atomic E-state index is 0.459. The topological polar surface area (TPSA) is 26.0 Å². The number of hydrogen-bond donors (Lipinski definition) is 0. The third-order valence-electron chi connectivity index (χ3n) is 2.42. The second kappa shape index (κ2) is 3.92. The summed E-state index contributed by atoms with van der Waals surface area (Å²) in [6, 6.07) is 7.94. The van der Waals surface area contributed by atoms with Crippen LogP contribution in [0.3, 0.4) is 0 Å². The minimum atomic E-state index is 0.459. The van der Waals surface area contributed by atoms with Gasteiger partial charge >= 0.3 is 0 Å². The number of fused-ring (bicyclic) bond motifs is 1. The first-order valence-electron chi connectivity index (χ1n) is 4.85. The first-order valence-corrected chi connectivity index (χ1v) is 6.27. The fourth-order valence-corrected chi connectivity index (χ4v) is 2.56. The van der Waals surface area contributed by atoms with Crippen LogP contribution < -0.4 is 0 Å². The Labute approximate surface area is 101 Å². The summed E-state index contributed by atoms with van der Waals surface area (Å²) in [7, 11) is 0. The number of thiazole rings is 1. The maximum absolute atomic E-state index is 5.74. The smallest absolute Gasteiger partial charge is 0.134 e. The van der Waals surface area contributed by atoms with E-state index in [0.29, 0.717) is 5.88 Å². The SMILES string of the molecule is ClCc1nc(-c2coc3ccccc23)cs1. The molecule has 4 heteroatoms. The molecular weight excluding hydrogens is 242 g/mol. The standard InChI is InChI=1S/C12H8ClNOS/c13-5-12-14-10(7-16-12)9-6-15-11-4-2-1-3-8(9)11/h1-4,6-7H,5H2. The lowest BCUT2D eigenvalue weighted by molar-refractivity contribution is 0.617. The van der Waals surface area contributed by atoms with Crippen molar-refractivity contribution in [2.45, 2.75) is 5.88 Å². The molecule has 2 heterocycles. The van der Waals surface area contributed by atoms with Crippen molar-refractivity contribution in [1.82, 2.24) is 4.98 Å². The summed E-state index contributed by atoms with van der Waals surface area (Å²) >= 11 is 7.32. The average molecular weight is 250 g/mol. The van der Waals surface area contributed by atoms with Gasteiger partial charge in [-0.2, -0.15) is 0 Å². The van der Waals surface area contributed by atoms with Gasteiger partial charge in [-0.3, -0.25) is 0 Å². The van der Waals surface area contributed by atoms with Crippen molar-refractivity contribution in [3.63, 3.8) is 0 Å². The highest BCUT2D eigenvalue weighted by molar-refractivity contribution is 7.10. The molecular formula is C12H8ClNOS. The second-order valence-electron chi connectivity index (χ2n) is 3.41. The fraction of sp³-hybridized carbons (Fsp3) is 0.0833. The van der Waals surface area contributed by atoms with Gasteiger partial charge in [-0.15, -0.1) is 22.9 Å². The largest absolute Gasteiger partial charge is 0.464 e. The number of hydrogen-bond acceptors (Lipinski definition) is 3. The summed E-state index contributed by atoms with van der Waals surface area (Å²) < 4.78 is 5.48. The molecule has 0 saturated carbocycles. The molecule has 2 aromatic heterocycles. The van der Waals surface area contributed by atoms with Gasteiger partial charge in [0, 0.05) is 16.3 Å². The summed E-state index contributed by atoms with van der Waals surface area (Å²) in [6.07, 6.45) is 1.75. The van der Waals surface area contributed by atoms with Crippen LogP contribution in [0.15, 0.2) is 40.3 Å². The molecule has 2 nitrogen and oxygen atoms in total. The van der Waals surface area contributed by atoms with E-state index < -0.39 is 0 Å². The highest BCUT2D eigenvalue weighted by Gasteiger charge is 2.10. The number of para-hydroxylation sites is 1. The molecule has 0 N–H and O–H groups in total. The Kier molecular flexibility index (Phi) is 2.42. The number of halogens is 1. The average Bonchev–Trinajstić information content (AvgIpc) is 2.94. The summed E-state index contributed by atoms with van der Waals surface area (Å²) in [5.41, 5.74) is 2.85. The number of alkyl halides is 1. The number of aromatic nitrogens is 1. The fourth-order valence-electron chi connectivity index (χ4n) is 1.67. The number of benzene rings is 1. The quantitative estimate of drug-likeness (QED) is 0.633. The zero-order chi connectivity index (χ0) is 11.0. The van der Waals surface area contributed by atoms with Crippen molar-refractivity contribution < 1.29 is 4.42 Å². The Bertz CT molecular complexity index is 629. The van der Waals surface area contributed by atoms with E-state index in [1.54, 1.807) is 17.6 Å². The van der Waals surface area contributed by atoms with E-state index in [0.717, 1.165) is 27.2 Å². The zero-order valence-electron chi connectivity index (χ0n) is 8.31. The predicted molar refractivity (Wildman–Crippen MR) is 66.9 cm³/mol. The van der Waals surface area contributed by atoms with Crippen molar-refractivity contribution in [2.75, 3.05) is 0 Å². The van der Waals surface area contributed by atoms with Gasteiger partial charge in [-0.25, -0.2) is 4.98 Å². The van der Waals surface area contributed by atoms with Gasteiger partial charge in [-0.05, 0) is 6.07 Å². The maximum Gasteiger partial charge on any atom is 0.134 e. The van der Waals surface area contributed by atoms with Gasteiger partial charge in [-0.1, -0.05) is 18.2 Å². The molecule has 16 heavy (non-hydrogen) atoms. The molecule has 0 radical (unpaired) electrons. The van der Waals surface area contributed by atoms with Gasteiger partial charge < -0.3 is 4.42 Å². The highest BCUT2D eigenvalue weighted by atomic mass is 35.5. The third-order valence-corrected chi connectivity index (χ3v) is 3.68. The van der Waals surface area contributed by atoms with Crippen molar-refractivity contribution in [3.05, 3.63) is 40.9 Å². The van der Waals surface area contributed by atoms with Crippen LogP contribution in [0.2, 0.25) is 0 Å². The van der Waals surface area contributed by atoms with Gasteiger partial charge in [0.15, 0.2) is 0 Å². The van der Waals surface area contributed by atoms with E-state index in [2.05, 4.69) is 4.98 Å². The first-order chi connectivity index (χ1) is 7.88. The predicted octanol–water partition coefficient (Wildman–Crippen LogP) is 4.30. The maximum atomic E-state index is 5.74. The molecule has 80 valence electrons. The van der Waals surface area contributed by atoms with E-state index in [9.17, 15) is 0 Å². The van der Waals surface area contributed by atoms with Crippen molar-refractivity contribution in [2.24, 2.45) is 0 Å². The Morgan fingerprint density at radius 3 is 3.00 bits per heavy atom. The number of furan rings is 1. The molecule has 3 aromatic rings. The van der Waals surface area contributed by atoms with E-state index in [-0.39, 0.29) is 0 Å². The van der Waals surface area contributed by atoms with Crippen molar-refractivity contribution >= 4 is 33.9 Å². The first kappa shape index (κ1) is 9.87. The van der Waals surface area contributed by atoms with Crippen LogP contribution in [0.25, 0.3) is 22.2 Å². The van der Waals surface area contributed by atoms with Crippen LogP contribution in [0.5, 0.6) is 0 Å². The van der Waals surface area contributed by atoms with Gasteiger partial charge in [0.2, 0.25) is 0 Å². The lowest BCUT2D eigenvalue weighted by Crippen LogP contribution is -1.77. The van der Waals surface area contributed by atoms with Crippen LogP contribution in [-0.4, -0.2) is 4.98 Å². The molecule has 0 atom stereocenters. The Morgan fingerprint density at radius 1 is 1.31 bits per heavy atom. The molecule has 1 aromatic carbocycles. The minimum Gasteiger partial charge on any atom is -0.464 e. The molecule has 0 amide bonds. The molecule has 3 rings (SSSR count). The molecule has 0 spiro atoms. The van der Waals surface area contributed by atoms with Crippen LogP contribution in [0.1, 0.15) is 5.01 Å². The van der Waals surface area contributed by atoms with Gasteiger partial charge in [0.05, 0.1) is 11.6 Å². The van der Waals surface area contributed by atoms with Gasteiger partial charge in [0.25, 0.3) is 0 Å². The second-order valence-corrected chi connectivity index (χ2v) is 4.62. The molecule has 0 aliphatic rings. The summed E-state index contributed by atoms with van der Waals surface area (Å²) in [4.78, 5) is 4.45. The molecule has 0 aliphatic carbocycles. The van der Waals surface area contributed by atoms with E-state index >= 15 is 0 Å². The Morgan fingerprint density at radius 2 is 2.19 bits per heavy atom. The summed E-state index contributed by atoms with van der Waals surface area (Å²) in [5.74, 6) is 0.459. The third kappa shape index (κ3) is 1.52. The number of nitrogens with zero attached hydrogens (tertiary/aromatic N) is 1. The Balaban J connectivity index is 2.18. The lowest BCUT2D eigenvalue weighted by Gasteiger charge is -1.91. The van der Waals surface area contributed by atoms with Crippen LogP contribution in [0.4, 0.5) is 0 Å². The van der Waals surface area contributed by atoms with Crippen LogP contribution in [-0.2, 0) is 5.88 Å². The van der Waals surface area contributed by atoms with Crippen LogP contribution >= 0.6 is 22.9 Å². The molecule has 0 unspecified atom stereocenters. The van der Waals surface area contributed by atoms with E-state index in [1.807, 2.05) is 29.6 Å². The van der Waals surface area contributed by atoms with Crippen molar-refractivity contribution in [1.29, 1.82) is 0 Å². The summed E-state index contributed by atoms with van der Waals surface area (Å²) in [6.45, 7) is 0. The van der Waals surface area contributed by atoms with Gasteiger partial charge in [0.1, 0.15) is 16.9 Å². The van der Waals surface area contributed by atoms with E-state index in [4.69, 9.17) is 16.0 Å². The lowest BCUT2D eigenvalue weighted by atomic mass is 10.1. The van der Waals surface area contributed by atoms with E-state index in [1.165, 1.54) is 0 Å². The Hall–Kier alpha value is -1.32. The zero-order valence-corrected chi connectivity index (χ0v) is 9.89. The highest BCUT2D eigenvalue weighted by Crippen LogP contribution is 2.31.